The van der Waals surface area contributed by atoms with E-state index in [9.17, 15) is 0 Å². The lowest BCUT2D eigenvalue weighted by atomic mass is 10.0. The fourth-order valence-corrected chi connectivity index (χ4v) is 9.75. The Kier molecular flexibility index (Phi) is 8.15. The van der Waals surface area contributed by atoms with Crippen molar-refractivity contribution < 1.29 is 0 Å². The number of para-hydroxylation sites is 2. The van der Waals surface area contributed by atoms with Gasteiger partial charge in [-0.1, -0.05) is 176 Å². The summed E-state index contributed by atoms with van der Waals surface area (Å²) in [6.07, 6.45) is 0. The standard InChI is InChI=1S/C59H37N5/c1-4-16-38(17-5-1)39-30-32-41(33-31-39)58-60-57(40-18-6-2-7-19-40)61-59(62-58)48-27-14-26-46-45(48)25-15-29-53(46)64-52-28-13-12-24-47(52)50-36-51-49-34-42-20-10-11-21-43(42)35-54(49)63(55(51)37-56(50)64)44-22-8-3-9-23-44/h1-37H. The lowest BCUT2D eigenvalue weighted by molar-refractivity contribution is 1.08. The van der Waals surface area contributed by atoms with Crippen LogP contribution in [0.4, 0.5) is 0 Å². The van der Waals surface area contributed by atoms with Crippen LogP contribution in [0.1, 0.15) is 0 Å². The second-order valence-electron chi connectivity index (χ2n) is 16.4. The van der Waals surface area contributed by atoms with E-state index >= 15 is 0 Å². The monoisotopic (exact) mass is 815 g/mol. The van der Waals surface area contributed by atoms with Crippen LogP contribution in [0.3, 0.4) is 0 Å². The van der Waals surface area contributed by atoms with Gasteiger partial charge >= 0.3 is 0 Å². The molecule has 0 saturated carbocycles. The quantitative estimate of drug-likeness (QED) is 0.168. The first-order valence-electron chi connectivity index (χ1n) is 21.7. The summed E-state index contributed by atoms with van der Waals surface area (Å²) in [5.41, 5.74) is 12.0. The van der Waals surface area contributed by atoms with Gasteiger partial charge in [0.2, 0.25) is 0 Å². The second-order valence-corrected chi connectivity index (χ2v) is 16.4. The number of hydrogen-bond acceptors (Lipinski definition) is 3. The Bertz CT molecular complexity index is 3930. The van der Waals surface area contributed by atoms with E-state index in [4.69, 9.17) is 15.0 Å². The van der Waals surface area contributed by atoms with Gasteiger partial charge in [-0.05, 0) is 75.8 Å². The highest BCUT2D eigenvalue weighted by Crippen LogP contribution is 2.42. The van der Waals surface area contributed by atoms with Crippen LogP contribution < -0.4 is 0 Å². The maximum atomic E-state index is 5.23. The molecule has 5 heteroatoms. The molecule has 10 aromatic carbocycles. The highest BCUT2D eigenvalue weighted by molar-refractivity contribution is 6.21. The molecule has 3 aromatic heterocycles. The van der Waals surface area contributed by atoms with Crippen LogP contribution in [0.5, 0.6) is 0 Å². The van der Waals surface area contributed by atoms with Crippen LogP contribution in [0.2, 0.25) is 0 Å². The fourth-order valence-electron chi connectivity index (χ4n) is 9.75. The van der Waals surface area contributed by atoms with Gasteiger partial charge in [0.15, 0.2) is 17.5 Å². The lowest BCUT2D eigenvalue weighted by Gasteiger charge is -2.15. The molecule has 0 aliphatic heterocycles. The number of rotatable bonds is 6. The Balaban J connectivity index is 1.04. The van der Waals surface area contributed by atoms with Crippen molar-refractivity contribution in [1.29, 1.82) is 0 Å². The highest BCUT2D eigenvalue weighted by Gasteiger charge is 2.21. The van der Waals surface area contributed by atoms with E-state index in [2.05, 4.69) is 209 Å². The first-order valence-corrected chi connectivity index (χ1v) is 21.7. The van der Waals surface area contributed by atoms with Crippen molar-refractivity contribution in [3.63, 3.8) is 0 Å². The van der Waals surface area contributed by atoms with Gasteiger partial charge in [0.25, 0.3) is 0 Å². The van der Waals surface area contributed by atoms with Gasteiger partial charge in [-0.15, -0.1) is 0 Å². The molecule has 13 aromatic rings. The van der Waals surface area contributed by atoms with Gasteiger partial charge in [0, 0.05) is 49.3 Å². The SMILES string of the molecule is c1ccc(-c2ccc(-c3nc(-c4ccccc4)nc(-c4cccc5c(-n6c7ccccc7c7cc8c9cc%10ccccc%10cc9n(-c9ccccc9)c8cc76)cccc45)n3)cc2)cc1. The van der Waals surface area contributed by atoms with E-state index < -0.39 is 0 Å². The van der Waals surface area contributed by atoms with E-state index in [0.717, 1.165) is 61.0 Å². The summed E-state index contributed by atoms with van der Waals surface area (Å²) in [5, 5.41) is 9.52. The Morgan fingerprint density at radius 3 is 1.53 bits per heavy atom. The van der Waals surface area contributed by atoms with Crippen molar-refractivity contribution in [1.82, 2.24) is 24.1 Å². The normalized spacial score (nSPS) is 11.8. The van der Waals surface area contributed by atoms with Crippen molar-refractivity contribution in [3.05, 3.63) is 224 Å². The largest absolute Gasteiger partial charge is 0.309 e. The topological polar surface area (TPSA) is 48.5 Å². The predicted octanol–water partition coefficient (Wildman–Crippen LogP) is 15.0. The second kappa shape index (κ2) is 14.5. The van der Waals surface area contributed by atoms with Gasteiger partial charge in [0.1, 0.15) is 0 Å². The smallest absolute Gasteiger partial charge is 0.164 e. The average molecular weight is 816 g/mol. The third kappa shape index (κ3) is 5.75. The van der Waals surface area contributed by atoms with E-state index in [1.54, 1.807) is 0 Å². The molecule has 0 fully saturated rings. The molecule has 5 nitrogen and oxygen atoms in total. The summed E-state index contributed by atoms with van der Waals surface area (Å²) >= 11 is 0. The molecule has 0 atom stereocenters. The Hall–Kier alpha value is -8.67. The van der Waals surface area contributed by atoms with Crippen LogP contribution in [-0.4, -0.2) is 24.1 Å². The number of fused-ring (bicyclic) bond motifs is 8. The molecular formula is C59H37N5. The first-order chi connectivity index (χ1) is 31.7. The summed E-state index contributed by atoms with van der Waals surface area (Å²) in [5.74, 6) is 1.89. The van der Waals surface area contributed by atoms with E-state index in [1.165, 1.54) is 43.4 Å². The van der Waals surface area contributed by atoms with Crippen LogP contribution in [0, 0.1) is 0 Å². The fraction of sp³-hybridized carbons (Fsp3) is 0. The maximum absolute atomic E-state index is 5.23. The Morgan fingerprint density at radius 2 is 0.766 bits per heavy atom. The number of benzene rings is 10. The third-order valence-corrected chi connectivity index (χ3v) is 12.7. The summed E-state index contributed by atoms with van der Waals surface area (Å²) in [6.45, 7) is 0. The molecule has 64 heavy (non-hydrogen) atoms. The van der Waals surface area contributed by atoms with Crippen molar-refractivity contribution in [2.45, 2.75) is 0 Å². The van der Waals surface area contributed by atoms with Gasteiger partial charge in [-0.3, -0.25) is 0 Å². The van der Waals surface area contributed by atoms with E-state index in [-0.39, 0.29) is 0 Å². The van der Waals surface area contributed by atoms with Crippen molar-refractivity contribution in [2.75, 3.05) is 0 Å². The molecule has 0 aliphatic carbocycles. The van der Waals surface area contributed by atoms with Gasteiger partial charge < -0.3 is 9.13 Å². The van der Waals surface area contributed by atoms with Crippen molar-refractivity contribution >= 4 is 65.2 Å². The summed E-state index contributed by atoms with van der Waals surface area (Å²) < 4.78 is 4.87. The van der Waals surface area contributed by atoms with E-state index in [1.807, 2.05) is 24.3 Å². The Morgan fingerprint density at radius 1 is 0.266 bits per heavy atom. The van der Waals surface area contributed by atoms with Crippen molar-refractivity contribution in [3.8, 4) is 56.7 Å². The molecule has 0 radical (unpaired) electrons. The number of aromatic nitrogens is 5. The molecule has 0 N–H and O–H groups in total. The summed E-state index contributed by atoms with van der Waals surface area (Å²) in [7, 11) is 0. The molecule has 0 saturated heterocycles. The lowest BCUT2D eigenvalue weighted by Crippen LogP contribution is -2.01. The molecule has 0 bridgehead atoms. The summed E-state index contributed by atoms with van der Waals surface area (Å²) in [4.78, 5) is 15.5. The Labute approximate surface area is 368 Å². The van der Waals surface area contributed by atoms with Crippen LogP contribution in [0.15, 0.2) is 224 Å². The molecule has 0 amide bonds. The zero-order valence-electron chi connectivity index (χ0n) is 34.6. The van der Waals surface area contributed by atoms with Crippen LogP contribution >= 0.6 is 0 Å². The van der Waals surface area contributed by atoms with Crippen LogP contribution in [0.25, 0.3) is 122 Å². The maximum Gasteiger partial charge on any atom is 0.164 e. The number of nitrogens with zero attached hydrogens (tertiary/aromatic N) is 5. The zero-order chi connectivity index (χ0) is 42.1. The third-order valence-electron chi connectivity index (χ3n) is 12.7. The van der Waals surface area contributed by atoms with Crippen molar-refractivity contribution in [2.24, 2.45) is 0 Å². The molecule has 0 aliphatic rings. The first kappa shape index (κ1) is 36.0. The molecular weight excluding hydrogens is 779 g/mol. The average Bonchev–Trinajstić information content (AvgIpc) is 3.86. The molecule has 0 spiro atoms. The zero-order valence-corrected chi connectivity index (χ0v) is 34.6. The molecule has 13 rings (SSSR count). The molecule has 0 unspecified atom stereocenters. The van der Waals surface area contributed by atoms with Crippen LogP contribution in [-0.2, 0) is 0 Å². The van der Waals surface area contributed by atoms with E-state index in [0.29, 0.717) is 17.5 Å². The molecule has 298 valence electrons. The summed E-state index contributed by atoms with van der Waals surface area (Å²) in [6, 6.07) is 79.9. The number of hydrogen-bond donors (Lipinski definition) is 0. The minimum Gasteiger partial charge on any atom is -0.309 e. The molecule has 3 heterocycles. The van der Waals surface area contributed by atoms with Gasteiger partial charge in [-0.2, -0.15) is 0 Å². The highest BCUT2D eigenvalue weighted by atomic mass is 15.0. The minimum absolute atomic E-state index is 0.627. The van der Waals surface area contributed by atoms with Gasteiger partial charge in [0.05, 0.1) is 27.8 Å². The van der Waals surface area contributed by atoms with Gasteiger partial charge in [-0.25, -0.2) is 15.0 Å². The minimum atomic E-state index is 0.627. The predicted molar refractivity (Wildman–Crippen MR) is 265 cm³/mol.